The summed E-state index contributed by atoms with van der Waals surface area (Å²) in [5.74, 6) is 1.88. The van der Waals surface area contributed by atoms with Crippen LogP contribution in [0.25, 0.3) is 0 Å². The maximum atomic E-state index is 11.7. The van der Waals surface area contributed by atoms with Gasteiger partial charge in [0.05, 0.1) is 13.2 Å². The molecule has 28 heavy (non-hydrogen) atoms. The Bertz CT molecular complexity index is 623. The van der Waals surface area contributed by atoms with Gasteiger partial charge < -0.3 is 25.4 Å². The zero-order chi connectivity index (χ0) is 20.4. The molecule has 0 aliphatic carbocycles. The Morgan fingerprint density at radius 1 is 1.29 bits per heavy atom. The van der Waals surface area contributed by atoms with E-state index in [0.29, 0.717) is 38.1 Å². The van der Waals surface area contributed by atoms with E-state index in [0.717, 1.165) is 31.6 Å². The molecular weight excluding hydrogens is 356 g/mol. The lowest BCUT2D eigenvalue weighted by Gasteiger charge is -2.31. The van der Waals surface area contributed by atoms with Crippen LogP contribution in [0, 0.1) is 5.92 Å². The number of nitrogens with one attached hydrogen (secondary N) is 1. The quantitative estimate of drug-likeness (QED) is 0.526. The third-order valence-corrected chi connectivity index (χ3v) is 4.56. The second kappa shape index (κ2) is 11.4. The van der Waals surface area contributed by atoms with Crippen LogP contribution in [0.5, 0.6) is 5.75 Å². The molecule has 3 N–H and O–H groups in total. The number of carbonyl (C=O) groups is 1. The number of hydrogen-bond acceptors (Lipinski definition) is 4. The lowest BCUT2D eigenvalue weighted by atomic mass is 10.1. The molecule has 0 bridgehead atoms. The summed E-state index contributed by atoms with van der Waals surface area (Å²) in [7, 11) is 0. The molecule has 1 fully saturated rings. The van der Waals surface area contributed by atoms with Crippen molar-refractivity contribution in [2.75, 3.05) is 32.8 Å². The first-order valence-electron chi connectivity index (χ1n) is 10.2. The van der Waals surface area contributed by atoms with Gasteiger partial charge in [-0.05, 0) is 49.8 Å². The van der Waals surface area contributed by atoms with E-state index in [2.05, 4.69) is 36.3 Å². The number of nitrogens with zero attached hydrogens (tertiary/aromatic N) is 2. The topological polar surface area (TPSA) is 89.2 Å². The van der Waals surface area contributed by atoms with Gasteiger partial charge in [-0.2, -0.15) is 0 Å². The van der Waals surface area contributed by atoms with Gasteiger partial charge in [0.1, 0.15) is 5.75 Å². The molecule has 0 unspecified atom stereocenters. The highest BCUT2D eigenvalue weighted by Gasteiger charge is 2.23. The molecule has 156 valence electrons. The van der Waals surface area contributed by atoms with Gasteiger partial charge in [-0.3, -0.25) is 4.99 Å². The number of hydrogen-bond donors (Lipinski definition) is 2. The van der Waals surface area contributed by atoms with Crippen LogP contribution in [0.4, 0.5) is 4.79 Å². The van der Waals surface area contributed by atoms with Crippen LogP contribution in [0.1, 0.15) is 39.2 Å². The molecule has 2 rings (SSSR count). The van der Waals surface area contributed by atoms with E-state index >= 15 is 0 Å². The number of carbonyl (C=O) groups excluding carboxylic acids is 1. The molecule has 1 heterocycles. The number of piperidine rings is 1. The summed E-state index contributed by atoms with van der Waals surface area (Å²) in [4.78, 5) is 17.9. The molecule has 1 aromatic rings. The van der Waals surface area contributed by atoms with Gasteiger partial charge in [0.2, 0.25) is 0 Å². The molecule has 0 aromatic heterocycles. The molecule has 0 saturated carbocycles. The monoisotopic (exact) mass is 390 g/mol. The van der Waals surface area contributed by atoms with Crippen molar-refractivity contribution in [2.45, 2.75) is 46.1 Å². The number of ether oxygens (including phenoxy) is 2. The summed E-state index contributed by atoms with van der Waals surface area (Å²) in [5, 5.41) is 3.26. The summed E-state index contributed by atoms with van der Waals surface area (Å²) in [6.07, 6.45) is 2.27. The van der Waals surface area contributed by atoms with E-state index in [4.69, 9.17) is 15.2 Å². The minimum atomic E-state index is -0.233. The van der Waals surface area contributed by atoms with Crippen LogP contribution in [0.3, 0.4) is 0 Å². The Balaban J connectivity index is 1.68. The first kappa shape index (κ1) is 21.9. The second-order valence-corrected chi connectivity index (χ2v) is 7.47. The zero-order valence-corrected chi connectivity index (χ0v) is 17.3. The molecule has 1 aliphatic heterocycles. The number of amides is 1. The molecule has 1 saturated heterocycles. The molecule has 1 aliphatic rings. The van der Waals surface area contributed by atoms with E-state index in [9.17, 15) is 4.79 Å². The van der Waals surface area contributed by atoms with Crippen LogP contribution in [0.15, 0.2) is 29.3 Å². The minimum absolute atomic E-state index is 0.233. The largest absolute Gasteiger partial charge is 0.493 e. The first-order chi connectivity index (χ1) is 13.5. The van der Waals surface area contributed by atoms with Crippen molar-refractivity contribution in [1.29, 1.82) is 0 Å². The maximum Gasteiger partial charge on any atom is 0.409 e. The average molecular weight is 391 g/mol. The van der Waals surface area contributed by atoms with Crippen LogP contribution < -0.4 is 15.8 Å². The third kappa shape index (κ3) is 7.66. The number of benzene rings is 1. The summed E-state index contributed by atoms with van der Waals surface area (Å²) >= 11 is 0. The highest BCUT2D eigenvalue weighted by molar-refractivity contribution is 5.78. The molecule has 7 heteroatoms. The molecule has 1 amide bonds. The fraction of sp³-hybridized carbons (Fsp3) is 0.619. The van der Waals surface area contributed by atoms with Gasteiger partial charge in [0, 0.05) is 25.7 Å². The first-order valence-corrected chi connectivity index (χ1v) is 10.2. The van der Waals surface area contributed by atoms with Crippen molar-refractivity contribution in [1.82, 2.24) is 10.2 Å². The van der Waals surface area contributed by atoms with Crippen molar-refractivity contribution >= 4 is 12.1 Å². The molecule has 7 nitrogen and oxygen atoms in total. The number of guanidine groups is 1. The van der Waals surface area contributed by atoms with Gasteiger partial charge >= 0.3 is 6.09 Å². The Kier molecular flexibility index (Phi) is 8.91. The Hall–Kier alpha value is -2.44. The van der Waals surface area contributed by atoms with Crippen molar-refractivity contribution < 1.29 is 14.3 Å². The summed E-state index contributed by atoms with van der Waals surface area (Å²) in [6.45, 7) is 9.20. The zero-order valence-electron chi connectivity index (χ0n) is 17.3. The fourth-order valence-corrected chi connectivity index (χ4v) is 3.00. The maximum absolute atomic E-state index is 11.7. The summed E-state index contributed by atoms with van der Waals surface area (Å²) in [5.41, 5.74) is 7.22. The fourth-order valence-electron chi connectivity index (χ4n) is 3.00. The van der Waals surface area contributed by atoms with Gasteiger partial charge in [-0.1, -0.05) is 26.0 Å². The van der Waals surface area contributed by atoms with Crippen LogP contribution in [-0.4, -0.2) is 55.8 Å². The molecule has 1 aromatic carbocycles. The highest BCUT2D eigenvalue weighted by atomic mass is 16.6. The molecular formula is C21H34N4O3. The predicted molar refractivity (Wildman–Crippen MR) is 112 cm³/mol. The minimum Gasteiger partial charge on any atom is -0.493 e. The Morgan fingerprint density at radius 3 is 2.57 bits per heavy atom. The lowest BCUT2D eigenvalue weighted by molar-refractivity contribution is 0.0963. The molecule has 0 radical (unpaired) electrons. The molecule has 0 atom stereocenters. The van der Waals surface area contributed by atoms with Crippen molar-refractivity contribution in [2.24, 2.45) is 16.6 Å². The van der Waals surface area contributed by atoms with Gasteiger partial charge in [-0.25, -0.2) is 4.79 Å². The normalized spacial score (nSPS) is 15.6. The standard InChI is InChI=1S/C21H34N4O3/c1-4-27-21(26)25-13-10-18(11-14-25)24-20(22)23-12-9-17-5-7-19(8-6-17)28-15-16(2)3/h5-8,16,18H,4,9-15H2,1-3H3,(H3,22,23,24). The van der Waals surface area contributed by atoms with E-state index in [1.807, 2.05) is 19.1 Å². The van der Waals surface area contributed by atoms with Crippen LogP contribution in [-0.2, 0) is 11.2 Å². The summed E-state index contributed by atoms with van der Waals surface area (Å²) in [6, 6.07) is 8.38. The number of likely N-dealkylation sites (tertiary alicyclic amines) is 1. The third-order valence-electron chi connectivity index (χ3n) is 4.56. The SMILES string of the molecule is CCOC(=O)N1CCC(NC(N)=NCCc2ccc(OCC(C)C)cc2)CC1. The van der Waals surface area contributed by atoms with Crippen molar-refractivity contribution in [3.8, 4) is 5.75 Å². The average Bonchev–Trinajstić information content (AvgIpc) is 2.68. The second-order valence-electron chi connectivity index (χ2n) is 7.47. The predicted octanol–water partition coefficient (Wildman–Crippen LogP) is 2.79. The van der Waals surface area contributed by atoms with E-state index in [1.165, 1.54) is 5.56 Å². The van der Waals surface area contributed by atoms with Gasteiger partial charge in [0.25, 0.3) is 0 Å². The van der Waals surface area contributed by atoms with Crippen molar-refractivity contribution in [3.63, 3.8) is 0 Å². The van der Waals surface area contributed by atoms with E-state index < -0.39 is 0 Å². The van der Waals surface area contributed by atoms with E-state index in [1.54, 1.807) is 4.90 Å². The van der Waals surface area contributed by atoms with Gasteiger partial charge in [-0.15, -0.1) is 0 Å². The van der Waals surface area contributed by atoms with Gasteiger partial charge in [0.15, 0.2) is 5.96 Å². The van der Waals surface area contributed by atoms with E-state index in [-0.39, 0.29) is 12.1 Å². The highest BCUT2D eigenvalue weighted by Crippen LogP contribution is 2.14. The smallest absolute Gasteiger partial charge is 0.409 e. The van der Waals surface area contributed by atoms with Crippen molar-refractivity contribution in [3.05, 3.63) is 29.8 Å². The lowest BCUT2D eigenvalue weighted by Crippen LogP contribution is -2.48. The number of nitrogens with two attached hydrogens (primary N) is 1. The number of aliphatic imine (C=N–C) groups is 1. The number of rotatable bonds is 8. The Morgan fingerprint density at radius 2 is 1.96 bits per heavy atom. The van der Waals surface area contributed by atoms with Crippen LogP contribution >= 0.6 is 0 Å². The summed E-state index contributed by atoms with van der Waals surface area (Å²) < 4.78 is 10.7. The Labute approximate surface area is 168 Å². The molecule has 0 spiro atoms. The van der Waals surface area contributed by atoms with Crippen LogP contribution in [0.2, 0.25) is 0 Å².